The van der Waals surface area contributed by atoms with Gasteiger partial charge in [0.15, 0.2) is 12.3 Å². The van der Waals surface area contributed by atoms with Gasteiger partial charge in [-0.2, -0.15) is 21.4 Å². The van der Waals surface area contributed by atoms with Gasteiger partial charge in [0.05, 0.1) is 23.3 Å². The van der Waals surface area contributed by atoms with Gasteiger partial charge in [0.2, 0.25) is 11.5 Å². The molecule has 2 N–H and O–H groups in total. The van der Waals surface area contributed by atoms with Gasteiger partial charge < -0.3 is 14.1 Å². The summed E-state index contributed by atoms with van der Waals surface area (Å²) >= 11 is 7.93. The molecular formula is C33H32ClN2O8S3+. The second-order valence-electron chi connectivity index (χ2n) is 11.1. The van der Waals surface area contributed by atoms with Crippen LogP contribution in [0.2, 0.25) is 5.02 Å². The molecule has 10 nitrogen and oxygen atoms in total. The second kappa shape index (κ2) is 13.4. The molecule has 3 aromatic carbocycles. The van der Waals surface area contributed by atoms with Gasteiger partial charge in [-0.3, -0.25) is 9.11 Å². The first-order valence-corrected chi connectivity index (χ1v) is 19.4. The average Bonchev–Trinajstić information content (AvgIpc) is 3.69. The summed E-state index contributed by atoms with van der Waals surface area (Å²) < 4.78 is 80.2. The molecule has 5 aromatic rings. The van der Waals surface area contributed by atoms with E-state index in [9.17, 15) is 25.9 Å². The lowest BCUT2D eigenvalue weighted by Crippen LogP contribution is -2.36. The van der Waals surface area contributed by atoms with Crippen molar-refractivity contribution in [1.82, 2.24) is 0 Å². The minimum absolute atomic E-state index is 0.149. The molecule has 1 aliphatic heterocycles. The average molecular weight is 716 g/mol. The Labute approximate surface area is 281 Å². The van der Waals surface area contributed by atoms with E-state index in [2.05, 4.69) is 17.5 Å². The number of aromatic nitrogens is 1. The Bertz CT molecular complexity index is 2260. The number of oxazole rings is 1. The Balaban J connectivity index is 1.40. The molecule has 246 valence electrons. The second-order valence-corrected chi connectivity index (χ2v) is 15.6. The molecular weight excluding hydrogens is 684 g/mol. The fourth-order valence-corrected chi connectivity index (χ4v) is 7.72. The first-order chi connectivity index (χ1) is 22.4. The standard InChI is InChI=1S/C33H31ClN2O8S3/c1-2-22(18-33-36(14-6-16-47(40,41)42)28-20-24(34)10-12-30(28)44-33)17-32-35(13-5-15-46(37,38)39)27-19-23(9-11-29(27)43-32)26-21-45-31-8-4-3-7-25(26)31/h3-4,7-12,17-21H,2,5-6,13-16H2,1H3,(H-,37,38,39,40,41,42)/p+1. The van der Waals surface area contributed by atoms with E-state index in [-0.39, 0.29) is 25.9 Å². The molecule has 3 heterocycles. The van der Waals surface area contributed by atoms with E-state index >= 15 is 0 Å². The molecule has 0 radical (unpaired) electrons. The van der Waals surface area contributed by atoms with Crippen molar-refractivity contribution in [2.45, 2.75) is 32.7 Å². The lowest BCUT2D eigenvalue weighted by atomic mass is 10.0. The number of hydrogen-bond donors (Lipinski definition) is 2. The van der Waals surface area contributed by atoms with Crippen molar-refractivity contribution in [3.63, 3.8) is 0 Å². The normalized spacial score (nSPS) is 14.8. The van der Waals surface area contributed by atoms with Crippen LogP contribution in [0.1, 0.15) is 32.1 Å². The molecule has 0 aliphatic carbocycles. The van der Waals surface area contributed by atoms with Crippen LogP contribution in [-0.2, 0) is 26.8 Å². The predicted molar refractivity (Wildman–Crippen MR) is 185 cm³/mol. The summed E-state index contributed by atoms with van der Waals surface area (Å²) in [6.45, 7) is 2.48. The number of hydrogen-bond acceptors (Lipinski definition) is 8. The molecule has 0 saturated carbocycles. The maximum Gasteiger partial charge on any atom is 0.374 e. The number of aryl methyl sites for hydroxylation is 1. The van der Waals surface area contributed by atoms with Crippen molar-refractivity contribution in [3.05, 3.63) is 94.5 Å². The first-order valence-electron chi connectivity index (χ1n) is 14.9. The zero-order chi connectivity index (χ0) is 33.3. The third-order valence-electron chi connectivity index (χ3n) is 7.81. The van der Waals surface area contributed by atoms with E-state index in [1.54, 1.807) is 29.5 Å². The molecule has 0 spiro atoms. The van der Waals surface area contributed by atoms with E-state index in [4.69, 9.17) is 20.8 Å². The van der Waals surface area contributed by atoms with Crippen LogP contribution in [0.4, 0.5) is 5.69 Å². The van der Waals surface area contributed by atoms with E-state index in [0.717, 1.165) is 27.6 Å². The highest BCUT2D eigenvalue weighted by atomic mass is 35.5. The number of ether oxygens (including phenoxy) is 1. The topological polar surface area (TPSA) is 138 Å². The SMILES string of the molecule is CCC(/C=C1\Oc2ccc(Cl)cc2N1CCCS(=O)(=O)O)=C\c1oc2ccc(-c3csc4ccccc34)cc2[n+]1CCCS(=O)(=O)O. The predicted octanol–water partition coefficient (Wildman–Crippen LogP) is 7.35. The van der Waals surface area contributed by atoms with Gasteiger partial charge in [-0.05, 0) is 59.7 Å². The number of nitrogens with zero attached hydrogens (tertiary/aromatic N) is 2. The lowest BCUT2D eigenvalue weighted by Gasteiger charge is -2.18. The summed E-state index contributed by atoms with van der Waals surface area (Å²) in [4.78, 5) is 1.81. The summed E-state index contributed by atoms with van der Waals surface area (Å²) in [6.07, 6.45) is 4.57. The number of allylic oxidation sites excluding steroid dienone is 2. The molecule has 47 heavy (non-hydrogen) atoms. The summed E-state index contributed by atoms with van der Waals surface area (Å²) in [7, 11) is -8.30. The van der Waals surface area contributed by atoms with Gasteiger partial charge in [0.1, 0.15) is 0 Å². The van der Waals surface area contributed by atoms with E-state index in [1.165, 1.54) is 4.70 Å². The molecule has 0 bridgehead atoms. The molecule has 0 unspecified atom stereocenters. The van der Waals surface area contributed by atoms with Crippen molar-refractivity contribution in [1.29, 1.82) is 0 Å². The highest BCUT2D eigenvalue weighted by molar-refractivity contribution is 7.86. The van der Waals surface area contributed by atoms with Crippen molar-refractivity contribution in [3.8, 4) is 16.9 Å². The monoisotopic (exact) mass is 715 g/mol. The van der Waals surface area contributed by atoms with Crippen LogP contribution in [0.5, 0.6) is 5.75 Å². The van der Waals surface area contributed by atoms with Gasteiger partial charge in [-0.25, -0.2) is 0 Å². The van der Waals surface area contributed by atoms with Gasteiger partial charge in [-0.15, -0.1) is 11.3 Å². The Kier molecular flexibility index (Phi) is 9.47. The molecule has 2 aromatic heterocycles. The van der Waals surface area contributed by atoms with Gasteiger partial charge >= 0.3 is 5.89 Å². The minimum Gasteiger partial charge on any atom is -0.439 e. The summed E-state index contributed by atoms with van der Waals surface area (Å²) in [5, 5.41) is 3.74. The quantitative estimate of drug-likeness (QED) is 0.100. The zero-order valence-electron chi connectivity index (χ0n) is 25.3. The maximum atomic E-state index is 11.6. The van der Waals surface area contributed by atoms with Gasteiger partial charge in [0, 0.05) is 45.8 Å². The van der Waals surface area contributed by atoms with Crippen LogP contribution >= 0.6 is 22.9 Å². The number of halogens is 1. The largest absolute Gasteiger partial charge is 0.439 e. The lowest BCUT2D eigenvalue weighted by molar-refractivity contribution is -0.677. The summed E-state index contributed by atoms with van der Waals surface area (Å²) in [5.74, 6) is 0.678. The molecule has 1 aliphatic rings. The smallest absolute Gasteiger partial charge is 0.374 e. The molecule has 14 heteroatoms. The fourth-order valence-electron chi connectivity index (χ4n) is 5.59. The maximum absolute atomic E-state index is 11.6. The molecule has 6 rings (SSSR count). The highest BCUT2D eigenvalue weighted by Crippen LogP contribution is 2.41. The van der Waals surface area contributed by atoms with Crippen LogP contribution in [0.25, 0.3) is 38.4 Å². The zero-order valence-corrected chi connectivity index (χ0v) is 28.5. The number of benzene rings is 3. The first kappa shape index (κ1) is 33.2. The number of anilines is 1. The van der Waals surface area contributed by atoms with Crippen molar-refractivity contribution in [2.75, 3.05) is 23.0 Å². The fraction of sp³-hybridized carbons (Fsp3) is 0.242. The number of fused-ring (bicyclic) bond motifs is 3. The number of thiophene rings is 1. The Morgan fingerprint density at radius 2 is 1.77 bits per heavy atom. The molecule has 0 saturated heterocycles. The summed E-state index contributed by atoms with van der Waals surface area (Å²) in [6, 6.07) is 19.3. The molecule has 0 amide bonds. The third kappa shape index (κ3) is 7.72. The van der Waals surface area contributed by atoms with Crippen LogP contribution in [-0.4, -0.2) is 44.0 Å². The minimum atomic E-state index is -4.16. The highest BCUT2D eigenvalue weighted by Gasteiger charge is 2.28. The Morgan fingerprint density at radius 1 is 1.00 bits per heavy atom. The molecule has 0 atom stereocenters. The van der Waals surface area contributed by atoms with Gasteiger partial charge in [0.25, 0.3) is 25.8 Å². The Hall–Kier alpha value is -3.72. The molecule has 0 fully saturated rings. The van der Waals surface area contributed by atoms with E-state index in [0.29, 0.717) is 40.2 Å². The van der Waals surface area contributed by atoms with Crippen LogP contribution in [0.3, 0.4) is 0 Å². The van der Waals surface area contributed by atoms with Crippen molar-refractivity contribution in [2.24, 2.45) is 0 Å². The van der Waals surface area contributed by atoms with Crippen molar-refractivity contribution >= 4 is 76.1 Å². The van der Waals surface area contributed by atoms with Crippen LogP contribution in [0.15, 0.2) is 88.0 Å². The van der Waals surface area contributed by atoms with Crippen molar-refractivity contribution < 1.29 is 39.7 Å². The Morgan fingerprint density at radius 3 is 2.53 bits per heavy atom. The van der Waals surface area contributed by atoms with Gasteiger partial charge in [-0.1, -0.05) is 42.8 Å². The third-order valence-corrected chi connectivity index (χ3v) is 10.6. The van der Waals surface area contributed by atoms with Crippen LogP contribution in [0, 0.1) is 0 Å². The van der Waals surface area contributed by atoms with Crippen LogP contribution < -0.4 is 14.2 Å². The van der Waals surface area contributed by atoms with E-state index in [1.807, 2.05) is 58.9 Å². The number of rotatable bonds is 12. The van der Waals surface area contributed by atoms with E-state index < -0.39 is 31.7 Å². The summed E-state index contributed by atoms with van der Waals surface area (Å²) in [5.41, 5.74) is 4.94.